The van der Waals surface area contributed by atoms with Gasteiger partial charge in [0.1, 0.15) is 0 Å². The highest BCUT2D eigenvalue weighted by molar-refractivity contribution is 5.98. The van der Waals surface area contributed by atoms with E-state index in [1.54, 1.807) is 0 Å². The van der Waals surface area contributed by atoms with Crippen molar-refractivity contribution in [2.24, 2.45) is 11.7 Å². The van der Waals surface area contributed by atoms with Crippen LogP contribution in [0.4, 0.5) is 5.69 Å². The normalized spacial score (nSPS) is 12.2. The molecule has 0 spiro atoms. The largest absolute Gasteiger partial charge is 0.324 e. The molecular formula is C17H20N2O. The van der Waals surface area contributed by atoms with Gasteiger partial charge in [-0.25, -0.2) is 0 Å². The van der Waals surface area contributed by atoms with Gasteiger partial charge in [0.05, 0.1) is 6.04 Å². The summed E-state index contributed by atoms with van der Waals surface area (Å²) in [6.45, 7) is 3.88. The van der Waals surface area contributed by atoms with E-state index in [1.807, 2.05) is 68.4 Å². The smallest absolute Gasteiger partial charge is 0.241 e. The number of amides is 1. The average molecular weight is 268 g/mol. The van der Waals surface area contributed by atoms with Crippen molar-refractivity contribution in [1.29, 1.82) is 0 Å². The molecule has 0 aliphatic rings. The molecule has 0 saturated carbocycles. The maximum Gasteiger partial charge on any atom is 0.241 e. The van der Waals surface area contributed by atoms with E-state index < -0.39 is 6.04 Å². The van der Waals surface area contributed by atoms with Crippen LogP contribution in [0, 0.1) is 5.92 Å². The van der Waals surface area contributed by atoms with Gasteiger partial charge in [-0.1, -0.05) is 62.4 Å². The zero-order valence-corrected chi connectivity index (χ0v) is 11.8. The molecule has 0 bridgehead atoms. The highest BCUT2D eigenvalue weighted by atomic mass is 16.2. The summed E-state index contributed by atoms with van der Waals surface area (Å²) < 4.78 is 0. The first-order valence-electron chi connectivity index (χ1n) is 6.80. The van der Waals surface area contributed by atoms with Crippen molar-refractivity contribution in [2.75, 3.05) is 5.32 Å². The van der Waals surface area contributed by atoms with Gasteiger partial charge in [-0.15, -0.1) is 0 Å². The second kappa shape index (κ2) is 6.35. The van der Waals surface area contributed by atoms with E-state index in [9.17, 15) is 4.79 Å². The standard InChI is InChI=1S/C17H20N2O/c1-12(2)16(18)17(20)19-15-11-7-6-10-14(15)13-8-4-3-5-9-13/h3-12,16H,18H2,1-2H3,(H,19,20)/t16-/m0/s1. The molecule has 3 heteroatoms. The number of benzene rings is 2. The van der Waals surface area contributed by atoms with Gasteiger partial charge in [0.25, 0.3) is 0 Å². The second-order valence-corrected chi connectivity index (χ2v) is 5.17. The highest BCUT2D eigenvalue weighted by Crippen LogP contribution is 2.27. The Morgan fingerprint density at radius 2 is 1.60 bits per heavy atom. The van der Waals surface area contributed by atoms with Gasteiger partial charge >= 0.3 is 0 Å². The SMILES string of the molecule is CC(C)[C@H](N)C(=O)Nc1ccccc1-c1ccccc1. The van der Waals surface area contributed by atoms with Gasteiger partial charge in [0, 0.05) is 11.3 Å². The van der Waals surface area contributed by atoms with Crippen molar-refractivity contribution < 1.29 is 4.79 Å². The monoisotopic (exact) mass is 268 g/mol. The lowest BCUT2D eigenvalue weighted by atomic mass is 10.0. The molecule has 0 aliphatic carbocycles. The minimum atomic E-state index is -0.501. The summed E-state index contributed by atoms with van der Waals surface area (Å²) >= 11 is 0. The number of hydrogen-bond acceptors (Lipinski definition) is 2. The molecular weight excluding hydrogens is 248 g/mol. The summed E-state index contributed by atoms with van der Waals surface area (Å²) in [5.74, 6) is -0.0396. The summed E-state index contributed by atoms with van der Waals surface area (Å²) in [4.78, 5) is 12.1. The Kier molecular flexibility index (Phi) is 4.53. The number of hydrogen-bond donors (Lipinski definition) is 2. The predicted octanol–water partition coefficient (Wildman–Crippen LogP) is 3.28. The van der Waals surface area contributed by atoms with Crippen molar-refractivity contribution >= 4 is 11.6 Å². The highest BCUT2D eigenvalue weighted by Gasteiger charge is 2.18. The molecule has 1 atom stereocenters. The second-order valence-electron chi connectivity index (χ2n) is 5.17. The third-order valence-corrected chi connectivity index (χ3v) is 3.29. The van der Waals surface area contributed by atoms with E-state index in [1.165, 1.54) is 0 Å². The number of anilines is 1. The molecule has 3 N–H and O–H groups in total. The molecule has 0 unspecified atom stereocenters. The van der Waals surface area contributed by atoms with E-state index in [-0.39, 0.29) is 11.8 Å². The first-order chi connectivity index (χ1) is 9.59. The maximum atomic E-state index is 12.1. The molecule has 0 heterocycles. The van der Waals surface area contributed by atoms with E-state index >= 15 is 0 Å². The first-order valence-corrected chi connectivity index (χ1v) is 6.80. The van der Waals surface area contributed by atoms with E-state index in [2.05, 4.69) is 5.32 Å². The van der Waals surface area contributed by atoms with Crippen LogP contribution in [0.15, 0.2) is 54.6 Å². The summed E-state index contributed by atoms with van der Waals surface area (Å²) in [7, 11) is 0. The van der Waals surface area contributed by atoms with Gasteiger partial charge in [-0.05, 0) is 17.5 Å². The molecule has 0 aromatic heterocycles. The van der Waals surface area contributed by atoms with Crippen LogP contribution in [0.25, 0.3) is 11.1 Å². The van der Waals surface area contributed by atoms with Crippen molar-refractivity contribution in [3.8, 4) is 11.1 Å². The van der Waals surface area contributed by atoms with Crippen LogP contribution in [0.5, 0.6) is 0 Å². The van der Waals surface area contributed by atoms with E-state index in [0.717, 1.165) is 16.8 Å². The zero-order valence-electron chi connectivity index (χ0n) is 11.8. The number of para-hydroxylation sites is 1. The fourth-order valence-corrected chi connectivity index (χ4v) is 1.98. The fourth-order valence-electron chi connectivity index (χ4n) is 1.98. The minimum Gasteiger partial charge on any atom is -0.324 e. The fraction of sp³-hybridized carbons (Fsp3) is 0.235. The molecule has 3 nitrogen and oxygen atoms in total. The number of nitrogens with one attached hydrogen (secondary N) is 1. The molecule has 1 amide bonds. The topological polar surface area (TPSA) is 55.1 Å². The van der Waals surface area contributed by atoms with Gasteiger partial charge in [0.2, 0.25) is 5.91 Å². The molecule has 20 heavy (non-hydrogen) atoms. The van der Waals surface area contributed by atoms with Crippen LogP contribution in [0.1, 0.15) is 13.8 Å². The molecule has 2 rings (SSSR count). The minimum absolute atomic E-state index is 0.110. The Hall–Kier alpha value is -2.13. The average Bonchev–Trinajstić information content (AvgIpc) is 2.47. The van der Waals surface area contributed by atoms with Crippen LogP contribution in [-0.4, -0.2) is 11.9 Å². The summed E-state index contributed by atoms with van der Waals surface area (Å²) in [6, 6.07) is 17.2. The zero-order chi connectivity index (χ0) is 14.5. The Balaban J connectivity index is 2.28. The van der Waals surface area contributed by atoms with Crippen LogP contribution >= 0.6 is 0 Å². The quantitative estimate of drug-likeness (QED) is 0.894. The van der Waals surface area contributed by atoms with Crippen LogP contribution in [-0.2, 0) is 4.79 Å². The van der Waals surface area contributed by atoms with Gasteiger partial charge in [-0.2, -0.15) is 0 Å². The lowest BCUT2D eigenvalue weighted by Crippen LogP contribution is -2.39. The lowest BCUT2D eigenvalue weighted by Gasteiger charge is -2.17. The van der Waals surface area contributed by atoms with Crippen molar-refractivity contribution in [3.05, 3.63) is 54.6 Å². The Labute approximate surface area is 119 Å². The van der Waals surface area contributed by atoms with E-state index in [4.69, 9.17) is 5.73 Å². The van der Waals surface area contributed by atoms with Crippen LogP contribution in [0.3, 0.4) is 0 Å². The number of rotatable bonds is 4. The summed E-state index contributed by atoms with van der Waals surface area (Å²) in [5, 5.41) is 2.93. The van der Waals surface area contributed by atoms with Gasteiger partial charge in [-0.3, -0.25) is 4.79 Å². The molecule has 0 radical (unpaired) electrons. The van der Waals surface area contributed by atoms with Crippen molar-refractivity contribution in [2.45, 2.75) is 19.9 Å². The maximum absolute atomic E-state index is 12.1. The molecule has 2 aromatic rings. The van der Waals surface area contributed by atoms with Crippen LogP contribution < -0.4 is 11.1 Å². The Morgan fingerprint density at radius 1 is 1.00 bits per heavy atom. The molecule has 0 fully saturated rings. The van der Waals surface area contributed by atoms with E-state index in [0.29, 0.717) is 0 Å². The Bertz CT molecular complexity index is 579. The molecule has 2 aromatic carbocycles. The molecule has 0 aliphatic heterocycles. The van der Waals surface area contributed by atoms with Gasteiger partial charge in [0.15, 0.2) is 0 Å². The first kappa shape index (κ1) is 14.3. The van der Waals surface area contributed by atoms with Gasteiger partial charge < -0.3 is 11.1 Å². The molecule has 104 valence electrons. The predicted molar refractivity (Wildman–Crippen MR) is 83.3 cm³/mol. The summed E-state index contributed by atoms with van der Waals surface area (Å²) in [6.07, 6.45) is 0. The Morgan fingerprint density at radius 3 is 2.25 bits per heavy atom. The van der Waals surface area contributed by atoms with Crippen molar-refractivity contribution in [1.82, 2.24) is 0 Å². The summed E-state index contributed by atoms with van der Waals surface area (Å²) in [5.41, 5.74) is 8.74. The number of nitrogens with two attached hydrogens (primary N) is 1. The number of carbonyl (C=O) groups excluding carboxylic acids is 1. The third-order valence-electron chi connectivity index (χ3n) is 3.29. The van der Waals surface area contributed by atoms with Crippen LogP contribution in [0.2, 0.25) is 0 Å². The van der Waals surface area contributed by atoms with Crippen molar-refractivity contribution in [3.63, 3.8) is 0 Å². The lowest BCUT2D eigenvalue weighted by molar-refractivity contribution is -0.118. The number of carbonyl (C=O) groups is 1. The third kappa shape index (κ3) is 3.25. The molecule has 0 saturated heterocycles.